The molecule has 190 valence electrons. The summed E-state index contributed by atoms with van der Waals surface area (Å²) >= 11 is 1.47. The van der Waals surface area contributed by atoms with Crippen LogP contribution in [0.15, 0.2) is 0 Å². The van der Waals surface area contributed by atoms with Gasteiger partial charge in [0.25, 0.3) is 0 Å². The lowest BCUT2D eigenvalue weighted by atomic mass is 9.97. The van der Waals surface area contributed by atoms with Crippen LogP contribution in [0, 0.1) is 11.8 Å². The van der Waals surface area contributed by atoms with E-state index in [0.29, 0.717) is 12.2 Å². The molecule has 0 heterocycles. The summed E-state index contributed by atoms with van der Waals surface area (Å²) in [6.07, 6.45) is 2.53. The third-order valence-electron chi connectivity index (χ3n) is 5.12. The number of carbonyl (C=O) groups excluding carboxylic acids is 4. The van der Waals surface area contributed by atoms with E-state index in [4.69, 9.17) is 11.5 Å². The number of carbonyl (C=O) groups is 5. The molecule has 11 nitrogen and oxygen atoms in total. The van der Waals surface area contributed by atoms with Gasteiger partial charge in [0.1, 0.15) is 18.1 Å². The molecule has 12 heteroatoms. The molecule has 8 N–H and O–H groups in total. The van der Waals surface area contributed by atoms with Crippen LogP contribution < -0.4 is 27.4 Å². The molecule has 33 heavy (non-hydrogen) atoms. The Morgan fingerprint density at radius 3 is 1.97 bits per heavy atom. The van der Waals surface area contributed by atoms with Gasteiger partial charge in [0.2, 0.25) is 23.6 Å². The second-order valence-electron chi connectivity index (χ2n) is 8.52. The molecule has 0 aromatic carbocycles. The zero-order chi connectivity index (χ0) is 25.7. The lowest BCUT2D eigenvalue weighted by Crippen LogP contribution is -2.59. The van der Waals surface area contributed by atoms with E-state index >= 15 is 0 Å². The SMILES string of the molecule is CCC(C)C(NC(=O)C(N)CC(N)=O)C(=O)NC(CCSC)C(=O)NC(CC(C)C)C(=O)O. The van der Waals surface area contributed by atoms with Gasteiger partial charge in [-0.2, -0.15) is 11.8 Å². The maximum atomic E-state index is 13.0. The Balaban J connectivity index is 5.52. The highest BCUT2D eigenvalue weighted by molar-refractivity contribution is 7.98. The van der Waals surface area contributed by atoms with Crippen molar-refractivity contribution >= 4 is 41.4 Å². The smallest absolute Gasteiger partial charge is 0.326 e. The third kappa shape index (κ3) is 11.9. The Morgan fingerprint density at radius 1 is 0.939 bits per heavy atom. The predicted octanol–water partition coefficient (Wildman–Crippen LogP) is -0.427. The molecule has 0 aliphatic carbocycles. The normalized spacial score (nSPS) is 15.6. The maximum absolute atomic E-state index is 13.0. The number of nitrogens with two attached hydrogens (primary N) is 2. The maximum Gasteiger partial charge on any atom is 0.326 e. The summed E-state index contributed by atoms with van der Waals surface area (Å²) in [4.78, 5) is 60.8. The first-order valence-electron chi connectivity index (χ1n) is 11.0. The van der Waals surface area contributed by atoms with Crippen molar-refractivity contribution in [3.8, 4) is 0 Å². The van der Waals surface area contributed by atoms with Crippen molar-refractivity contribution in [2.45, 2.75) is 77.5 Å². The molecule has 0 aromatic heterocycles. The number of primary amides is 1. The van der Waals surface area contributed by atoms with Gasteiger partial charge in [-0.3, -0.25) is 19.2 Å². The summed E-state index contributed by atoms with van der Waals surface area (Å²) in [5, 5.41) is 17.1. The number of nitrogens with one attached hydrogen (secondary N) is 3. The lowest BCUT2D eigenvalue weighted by molar-refractivity contribution is -0.142. The molecule has 5 atom stereocenters. The van der Waals surface area contributed by atoms with Gasteiger partial charge in [-0.1, -0.05) is 34.1 Å². The van der Waals surface area contributed by atoms with Crippen molar-refractivity contribution in [2.75, 3.05) is 12.0 Å². The van der Waals surface area contributed by atoms with E-state index < -0.39 is 53.8 Å². The largest absolute Gasteiger partial charge is 0.480 e. The Morgan fingerprint density at radius 2 is 1.52 bits per heavy atom. The Labute approximate surface area is 199 Å². The van der Waals surface area contributed by atoms with E-state index in [1.54, 1.807) is 6.92 Å². The van der Waals surface area contributed by atoms with Crippen LogP contribution in [0.2, 0.25) is 0 Å². The van der Waals surface area contributed by atoms with Crippen molar-refractivity contribution < 1.29 is 29.1 Å². The number of aliphatic carboxylic acids is 1. The van der Waals surface area contributed by atoms with Crippen molar-refractivity contribution in [1.82, 2.24) is 16.0 Å². The minimum Gasteiger partial charge on any atom is -0.480 e. The highest BCUT2D eigenvalue weighted by Crippen LogP contribution is 2.11. The van der Waals surface area contributed by atoms with E-state index in [2.05, 4.69) is 16.0 Å². The molecular formula is C21H39N5O6S. The molecule has 0 radical (unpaired) electrons. The first kappa shape index (κ1) is 30.7. The first-order valence-corrected chi connectivity index (χ1v) is 12.4. The minimum atomic E-state index is -1.20. The highest BCUT2D eigenvalue weighted by atomic mass is 32.2. The van der Waals surface area contributed by atoms with Gasteiger partial charge < -0.3 is 32.5 Å². The van der Waals surface area contributed by atoms with Crippen LogP contribution in [0.4, 0.5) is 0 Å². The number of thioether (sulfide) groups is 1. The standard InChI is InChI=1S/C21H39N5O6S/c1-6-12(4)17(26-18(28)13(22)10-16(23)27)20(30)24-14(7-8-33-5)19(29)25-15(21(31)32)9-11(2)3/h11-15,17H,6-10,22H2,1-5H3,(H2,23,27)(H,24,30)(H,25,29)(H,26,28)(H,31,32). The topological polar surface area (TPSA) is 194 Å². The van der Waals surface area contributed by atoms with Crippen molar-refractivity contribution in [1.29, 1.82) is 0 Å². The van der Waals surface area contributed by atoms with Gasteiger partial charge in [0, 0.05) is 0 Å². The molecular weight excluding hydrogens is 450 g/mol. The zero-order valence-electron chi connectivity index (χ0n) is 20.1. The van der Waals surface area contributed by atoms with Crippen LogP contribution in [0.1, 0.15) is 53.4 Å². The van der Waals surface area contributed by atoms with Crippen LogP contribution in [0.5, 0.6) is 0 Å². The molecule has 0 aliphatic rings. The van der Waals surface area contributed by atoms with E-state index in [9.17, 15) is 29.1 Å². The molecule has 5 unspecified atom stereocenters. The fraction of sp³-hybridized carbons (Fsp3) is 0.762. The van der Waals surface area contributed by atoms with Gasteiger partial charge in [0.05, 0.1) is 12.5 Å². The van der Waals surface area contributed by atoms with Gasteiger partial charge in [0.15, 0.2) is 0 Å². The summed E-state index contributed by atoms with van der Waals surface area (Å²) in [6, 6.07) is -4.27. The monoisotopic (exact) mass is 489 g/mol. The molecule has 0 saturated heterocycles. The van der Waals surface area contributed by atoms with E-state index in [1.165, 1.54) is 11.8 Å². The van der Waals surface area contributed by atoms with E-state index in [-0.39, 0.29) is 31.1 Å². The lowest BCUT2D eigenvalue weighted by Gasteiger charge is -2.28. The van der Waals surface area contributed by atoms with Gasteiger partial charge in [-0.05, 0) is 36.7 Å². The number of rotatable bonds is 16. The van der Waals surface area contributed by atoms with Crippen LogP contribution in [0.3, 0.4) is 0 Å². The van der Waals surface area contributed by atoms with E-state index in [1.807, 2.05) is 27.0 Å². The summed E-state index contributed by atoms with van der Waals surface area (Å²) < 4.78 is 0. The zero-order valence-corrected chi connectivity index (χ0v) is 20.9. The average molecular weight is 490 g/mol. The summed E-state index contributed by atoms with van der Waals surface area (Å²) in [5.74, 6) is -3.52. The Hall–Kier alpha value is -2.34. The molecule has 4 amide bonds. The molecule has 0 aliphatic heterocycles. The molecule has 0 saturated carbocycles. The van der Waals surface area contributed by atoms with Crippen LogP contribution in [-0.4, -0.2) is 70.9 Å². The molecule has 0 aromatic rings. The minimum absolute atomic E-state index is 0.0419. The summed E-state index contributed by atoms with van der Waals surface area (Å²) in [7, 11) is 0. The van der Waals surface area contributed by atoms with Crippen molar-refractivity contribution in [2.24, 2.45) is 23.3 Å². The highest BCUT2D eigenvalue weighted by Gasteiger charge is 2.32. The molecule has 0 rings (SSSR count). The average Bonchev–Trinajstić information content (AvgIpc) is 2.72. The second-order valence-corrected chi connectivity index (χ2v) is 9.51. The third-order valence-corrected chi connectivity index (χ3v) is 5.76. The summed E-state index contributed by atoms with van der Waals surface area (Å²) in [5.41, 5.74) is 10.8. The number of carboxylic acid groups (broad SMARTS) is 1. The van der Waals surface area contributed by atoms with Crippen molar-refractivity contribution in [3.05, 3.63) is 0 Å². The quantitative estimate of drug-likeness (QED) is 0.168. The Bertz CT molecular complexity index is 690. The van der Waals surface area contributed by atoms with Gasteiger partial charge >= 0.3 is 5.97 Å². The Kier molecular flexibility index (Phi) is 14.4. The van der Waals surface area contributed by atoms with Gasteiger partial charge in [-0.15, -0.1) is 0 Å². The van der Waals surface area contributed by atoms with Crippen LogP contribution in [0.25, 0.3) is 0 Å². The fourth-order valence-corrected chi connectivity index (χ4v) is 3.47. The van der Waals surface area contributed by atoms with Crippen LogP contribution in [-0.2, 0) is 24.0 Å². The second kappa shape index (κ2) is 15.5. The first-order chi connectivity index (χ1) is 15.3. The molecule has 0 spiro atoms. The van der Waals surface area contributed by atoms with Gasteiger partial charge in [-0.25, -0.2) is 4.79 Å². The number of amides is 4. The van der Waals surface area contributed by atoms with Crippen molar-refractivity contribution in [3.63, 3.8) is 0 Å². The predicted molar refractivity (Wildman–Crippen MR) is 127 cm³/mol. The molecule has 0 fully saturated rings. The molecule has 0 bridgehead atoms. The van der Waals surface area contributed by atoms with E-state index in [0.717, 1.165) is 0 Å². The fourth-order valence-electron chi connectivity index (χ4n) is 3.00. The number of hydrogen-bond acceptors (Lipinski definition) is 7. The number of carboxylic acids is 1. The van der Waals surface area contributed by atoms with Crippen LogP contribution >= 0.6 is 11.8 Å². The summed E-state index contributed by atoms with van der Waals surface area (Å²) in [6.45, 7) is 7.28. The number of hydrogen-bond donors (Lipinski definition) is 6.